The number of nitrogens with one attached hydrogen (secondary N) is 2. The Morgan fingerprint density at radius 3 is 2.44 bits per heavy atom. The van der Waals surface area contributed by atoms with Gasteiger partial charge in [0.2, 0.25) is 0 Å². The van der Waals surface area contributed by atoms with Crippen molar-refractivity contribution in [3.05, 3.63) is 64.7 Å². The van der Waals surface area contributed by atoms with Gasteiger partial charge in [-0.25, -0.2) is 4.79 Å². The fourth-order valence-electron chi connectivity index (χ4n) is 3.77. The van der Waals surface area contributed by atoms with Crippen molar-refractivity contribution in [2.75, 3.05) is 25.0 Å². The van der Waals surface area contributed by atoms with E-state index in [9.17, 15) is 14.4 Å². The molecule has 0 spiro atoms. The van der Waals surface area contributed by atoms with Gasteiger partial charge in [0.15, 0.2) is 0 Å². The number of urea groups is 1. The number of rotatable bonds is 6. The van der Waals surface area contributed by atoms with Crippen molar-refractivity contribution in [2.24, 2.45) is 0 Å². The lowest BCUT2D eigenvalue weighted by molar-refractivity contribution is -0.136. The lowest BCUT2D eigenvalue weighted by atomic mass is 9.89. The Balaban J connectivity index is 1.59. The second-order valence-electron chi connectivity index (χ2n) is 7.85. The van der Waals surface area contributed by atoms with Crippen molar-refractivity contribution in [2.45, 2.75) is 32.1 Å². The number of amides is 3. The monoisotopic (exact) mass is 434 g/mol. The van der Waals surface area contributed by atoms with Gasteiger partial charge in [0.25, 0.3) is 5.91 Å². The molecular weight excluding hydrogens is 408 g/mol. The average molecular weight is 434 g/mol. The molecule has 1 saturated heterocycles. The maximum atomic E-state index is 13.0. The van der Waals surface area contributed by atoms with Crippen LogP contribution in [0.2, 0.25) is 0 Å². The maximum Gasteiger partial charge on any atom is 0.319 e. The molecule has 3 rings (SSSR count). The predicted molar refractivity (Wildman–Crippen MR) is 119 cm³/mol. The molecule has 0 atom stereocenters. The zero-order valence-corrected chi connectivity index (χ0v) is 17.9. The summed E-state index contributed by atoms with van der Waals surface area (Å²) in [7, 11) is 0. The van der Waals surface area contributed by atoms with E-state index in [1.807, 2.05) is 36.1 Å². The highest BCUT2D eigenvalue weighted by Crippen LogP contribution is 2.29. The molecule has 2 aromatic rings. The second-order valence-corrected chi connectivity index (χ2v) is 7.85. The molecule has 1 fully saturated rings. The number of aliphatic carboxylic acids is 1. The van der Waals surface area contributed by atoms with Gasteiger partial charge in [-0.2, -0.15) is 5.26 Å². The number of carboxylic acid groups (broad SMARTS) is 1. The zero-order chi connectivity index (χ0) is 23.1. The molecule has 0 bridgehead atoms. The summed E-state index contributed by atoms with van der Waals surface area (Å²) in [6, 6.07) is 14.4. The molecule has 1 aliphatic heterocycles. The van der Waals surface area contributed by atoms with Gasteiger partial charge >= 0.3 is 12.0 Å². The molecule has 8 nitrogen and oxygen atoms in total. The van der Waals surface area contributed by atoms with Crippen LogP contribution >= 0.6 is 0 Å². The van der Waals surface area contributed by atoms with Crippen molar-refractivity contribution in [1.29, 1.82) is 5.26 Å². The largest absolute Gasteiger partial charge is 0.481 e. The quantitative estimate of drug-likeness (QED) is 0.642. The smallest absolute Gasteiger partial charge is 0.319 e. The molecule has 32 heavy (non-hydrogen) atoms. The number of hydrogen-bond donors (Lipinski definition) is 3. The first-order chi connectivity index (χ1) is 15.4. The van der Waals surface area contributed by atoms with Crippen molar-refractivity contribution >= 4 is 23.6 Å². The van der Waals surface area contributed by atoms with Crippen LogP contribution in [0.5, 0.6) is 0 Å². The first-order valence-electron chi connectivity index (χ1n) is 10.5. The number of carbonyl (C=O) groups is 3. The predicted octanol–water partition coefficient (Wildman–Crippen LogP) is 3.48. The number of anilines is 1. The Kier molecular flexibility index (Phi) is 7.45. The summed E-state index contributed by atoms with van der Waals surface area (Å²) in [6.45, 7) is 3.11. The number of carbonyl (C=O) groups excluding carboxylic acids is 2. The average Bonchev–Trinajstić information content (AvgIpc) is 2.80. The number of piperidine rings is 1. The molecule has 1 aliphatic rings. The second kappa shape index (κ2) is 10.4. The molecule has 0 saturated carbocycles. The van der Waals surface area contributed by atoms with E-state index in [0.717, 1.165) is 18.4 Å². The van der Waals surface area contributed by atoms with Crippen LogP contribution in [0.15, 0.2) is 42.5 Å². The summed E-state index contributed by atoms with van der Waals surface area (Å²) < 4.78 is 0. The topological polar surface area (TPSA) is 123 Å². The van der Waals surface area contributed by atoms with Crippen LogP contribution in [0.3, 0.4) is 0 Å². The summed E-state index contributed by atoms with van der Waals surface area (Å²) >= 11 is 0. The van der Waals surface area contributed by atoms with Gasteiger partial charge in [-0.05, 0) is 61.1 Å². The maximum absolute atomic E-state index is 13.0. The van der Waals surface area contributed by atoms with Crippen LogP contribution in [-0.4, -0.2) is 47.5 Å². The minimum atomic E-state index is -0.989. The van der Waals surface area contributed by atoms with E-state index >= 15 is 0 Å². The third-order valence-corrected chi connectivity index (χ3v) is 5.65. The number of likely N-dealkylation sites (tertiary alicyclic amines) is 1. The fourth-order valence-corrected chi connectivity index (χ4v) is 3.77. The summed E-state index contributed by atoms with van der Waals surface area (Å²) in [4.78, 5) is 37.4. The van der Waals surface area contributed by atoms with Crippen molar-refractivity contribution in [3.8, 4) is 6.07 Å². The van der Waals surface area contributed by atoms with Gasteiger partial charge in [0.05, 0.1) is 18.1 Å². The van der Waals surface area contributed by atoms with Gasteiger partial charge in [0.1, 0.15) is 0 Å². The number of nitrogens with zero attached hydrogens (tertiary/aromatic N) is 2. The Bertz CT molecular complexity index is 1030. The van der Waals surface area contributed by atoms with Gasteiger partial charge in [-0.1, -0.05) is 18.2 Å². The number of aryl methyl sites for hydroxylation is 1. The number of benzene rings is 2. The van der Waals surface area contributed by atoms with Gasteiger partial charge < -0.3 is 20.6 Å². The van der Waals surface area contributed by atoms with Crippen LogP contribution in [0.25, 0.3) is 0 Å². The number of nitriles is 1. The van der Waals surface area contributed by atoms with Gasteiger partial charge in [-0.15, -0.1) is 0 Å². The van der Waals surface area contributed by atoms with E-state index in [0.29, 0.717) is 35.8 Å². The summed E-state index contributed by atoms with van der Waals surface area (Å²) in [5, 5.41) is 22.8. The molecular formula is C24H26N4O4. The Morgan fingerprint density at radius 1 is 1.12 bits per heavy atom. The number of carboxylic acids is 1. The van der Waals surface area contributed by atoms with Crippen molar-refractivity contribution in [1.82, 2.24) is 10.2 Å². The molecule has 0 aromatic heterocycles. The molecule has 166 valence electrons. The van der Waals surface area contributed by atoms with Crippen LogP contribution in [0.4, 0.5) is 10.5 Å². The highest BCUT2D eigenvalue weighted by molar-refractivity contribution is 5.97. The Labute approximate surface area is 186 Å². The first-order valence-corrected chi connectivity index (χ1v) is 10.5. The first kappa shape index (κ1) is 22.8. The van der Waals surface area contributed by atoms with E-state index in [4.69, 9.17) is 10.4 Å². The minimum Gasteiger partial charge on any atom is -0.481 e. The molecule has 3 amide bonds. The molecule has 8 heteroatoms. The fraction of sp³-hybridized carbons (Fsp3) is 0.333. The van der Waals surface area contributed by atoms with Gasteiger partial charge in [-0.3, -0.25) is 9.59 Å². The summed E-state index contributed by atoms with van der Waals surface area (Å²) in [5.41, 5.74) is 3.63. The Morgan fingerprint density at radius 2 is 1.81 bits per heavy atom. The van der Waals surface area contributed by atoms with Crippen LogP contribution in [0.1, 0.15) is 52.2 Å². The summed E-state index contributed by atoms with van der Waals surface area (Å²) in [6.07, 6.45) is 1.53. The molecule has 2 aromatic carbocycles. The van der Waals surface area contributed by atoms with E-state index in [1.165, 1.54) is 5.56 Å². The lowest BCUT2D eigenvalue weighted by Gasteiger charge is -2.32. The van der Waals surface area contributed by atoms with E-state index in [2.05, 4.69) is 16.7 Å². The van der Waals surface area contributed by atoms with E-state index in [-0.39, 0.29) is 18.9 Å². The highest BCUT2D eigenvalue weighted by atomic mass is 16.4. The van der Waals surface area contributed by atoms with E-state index in [1.54, 1.807) is 18.2 Å². The third-order valence-electron chi connectivity index (χ3n) is 5.65. The third kappa shape index (κ3) is 5.85. The normalized spacial score (nSPS) is 13.8. The Hall–Kier alpha value is -3.86. The highest BCUT2D eigenvalue weighted by Gasteiger charge is 2.25. The van der Waals surface area contributed by atoms with Crippen LogP contribution < -0.4 is 10.6 Å². The summed E-state index contributed by atoms with van der Waals surface area (Å²) in [5.74, 6) is -0.717. The van der Waals surface area contributed by atoms with Crippen LogP contribution in [0, 0.1) is 18.3 Å². The molecule has 0 unspecified atom stereocenters. The van der Waals surface area contributed by atoms with Crippen LogP contribution in [-0.2, 0) is 4.79 Å². The number of hydrogen-bond acceptors (Lipinski definition) is 4. The molecule has 0 radical (unpaired) electrons. The SMILES string of the molecule is Cc1ccc(C(=O)N2CCC(c3ccc(C#N)cc3)CC2)cc1NC(=O)NCCC(=O)O. The van der Waals surface area contributed by atoms with Crippen molar-refractivity contribution < 1.29 is 19.5 Å². The zero-order valence-electron chi connectivity index (χ0n) is 17.9. The molecule has 1 heterocycles. The van der Waals surface area contributed by atoms with Gasteiger partial charge in [0, 0.05) is 30.9 Å². The van der Waals surface area contributed by atoms with Crippen molar-refractivity contribution in [3.63, 3.8) is 0 Å². The molecule has 0 aliphatic carbocycles. The lowest BCUT2D eigenvalue weighted by Crippen LogP contribution is -2.38. The van der Waals surface area contributed by atoms with E-state index < -0.39 is 12.0 Å². The minimum absolute atomic E-state index is 0.0209. The standard InChI is InChI=1S/C24H26N4O4/c1-16-2-5-20(14-21(16)27-24(32)26-11-8-22(29)30)23(31)28-12-9-19(10-13-28)18-6-3-17(15-25)4-7-18/h2-7,14,19H,8-13H2,1H3,(H,29,30)(H2,26,27,32). The molecule has 3 N–H and O–H groups in total.